The van der Waals surface area contributed by atoms with E-state index in [4.69, 9.17) is 0 Å². The monoisotopic (exact) mass is 260 g/mol. The Hall–Kier alpha value is -0.130. The van der Waals surface area contributed by atoms with Gasteiger partial charge < -0.3 is 5.32 Å². The lowest BCUT2D eigenvalue weighted by molar-refractivity contribution is 0.234. The lowest BCUT2D eigenvalue weighted by Gasteiger charge is -2.33. The maximum Gasteiger partial charge on any atom is 0.211 e. The highest BCUT2D eigenvalue weighted by Gasteiger charge is 2.34. The zero-order chi connectivity index (χ0) is 12.5. The van der Waals surface area contributed by atoms with Crippen LogP contribution < -0.4 is 5.32 Å². The Kier molecular flexibility index (Phi) is 4.10. The minimum Gasteiger partial charge on any atom is -0.317 e. The summed E-state index contributed by atoms with van der Waals surface area (Å²) < 4.78 is 24.7. The average molecular weight is 260 g/mol. The first kappa shape index (κ1) is 13.3. The fourth-order valence-corrected chi connectivity index (χ4v) is 3.87. The molecule has 0 bridgehead atoms. The van der Waals surface area contributed by atoms with Crippen molar-refractivity contribution in [2.24, 2.45) is 11.8 Å². The molecule has 1 aliphatic carbocycles. The van der Waals surface area contributed by atoms with E-state index in [1.165, 1.54) is 25.5 Å². The van der Waals surface area contributed by atoms with Crippen molar-refractivity contribution in [3.63, 3.8) is 0 Å². The fourth-order valence-electron chi connectivity index (χ4n) is 2.92. The number of hydrogen-bond donors (Lipinski definition) is 1. The quantitative estimate of drug-likeness (QED) is 0.804. The Morgan fingerprint density at radius 2 is 2.06 bits per heavy atom. The maximum absolute atomic E-state index is 11.5. The molecule has 1 saturated carbocycles. The summed E-state index contributed by atoms with van der Waals surface area (Å²) in [6.45, 7) is 1.44. The number of rotatable bonds is 5. The smallest absolute Gasteiger partial charge is 0.211 e. The van der Waals surface area contributed by atoms with E-state index in [2.05, 4.69) is 5.32 Å². The van der Waals surface area contributed by atoms with Gasteiger partial charge in [0.2, 0.25) is 10.0 Å². The lowest BCUT2D eigenvalue weighted by Crippen LogP contribution is -2.41. The van der Waals surface area contributed by atoms with Gasteiger partial charge in [-0.2, -0.15) is 0 Å². The molecule has 5 heteroatoms. The lowest BCUT2D eigenvalue weighted by atomic mass is 9.91. The molecule has 0 aromatic carbocycles. The molecule has 100 valence electrons. The summed E-state index contributed by atoms with van der Waals surface area (Å²) in [6.07, 6.45) is 7.33. The van der Waals surface area contributed by atoms with Gasteiger partial charge in [0.05, 0.1) is 6.26 Å². The molecule has 0 amide bonds. The number of nitrogens with one attached hydrogen (secondary N) is 1. The number of hydrogen-bond acceptors (Lipinski definition) is 3. The first-order valence-electron chi connectivity index (χ1n) is 6.63. The van der Waals surface area contributed by atoms with Crippen LogP contribution in [0.15, 0.2) is 0 Å². The molecule has 0 spiro atoms. The van der Waals surface area contributed by atoms with E-state index in [-0.39, 0.29) is 0 Å². The van der Waals surface area contributed by atoms with Gasteiger partial charge in [0.1, 0.15) is 0 Å². The third-order valence-corrected chi connectivity index (χ3v) is 5.37. The minimum atomic E-state index is -2.99. The van der Waals surface area contributed by atoms with Crippen molar-refractivity contribution in [2.45, 2.75) is 38.1 Å². The van der Waals surface area contributed by atoms with Crippen LogP contribution >= 0.6 is 0 Å². The highest BCUT2D eigenvalue weighted by atomic mass is 32.2. The fraction of sp³-hybridized carbons (Fsp3) is 1.00. The predicted octanol–water partition coefficient (Wildman–Crippen LogP) is 1.05. The minimum absolute atomic E-state index is 0.538. The largest absolute Gasteiger partial charge is 0.317 e. The van der Waals surface area contributed by atoms with Crippen molar-refractivity contribution in [1.29, 1.82) is 0 Å². The zero-order valence-corrected chi connectivity index (χ0v) is 11.7. The SMILES string of the molecule is CNC(CC1CCCN(S(C)(=O)=O)C1)C1CC1. The molecule has 4 nitrogen and oxygen atoms in total. The molecule has 2 atom stereocenters. The molecule has 1 saturated heterocycles. The van der Waals surface area contributed by atoms with Crippen LogP contribution in [0.5, 0.6) is 0 Å². The van der Waals surface area contributed by atoms with Crippen LogP contribution in [0, 0.1) is 11.8 Å². The van der Waals surface area contributed by atoms with E-state index >= 15 is 0 Å². The first-order valence-corrected chi connectivity index (χ1v) is 8.48. The van der Waals surface area contributed by atoms with E-state index in [0.717, 1.165) is 25.3 Å². The van der Waals surface area contributed by atoms with Gasteiger partial charge in [0, 0.05) is 19.1 Å². The number of sulfonamides is 1. The molecule has 1 heterocycles. The molecule has 2 fully saturated rings. The zero-order valence-electron chi connectivity index (χ0n) is 10.9. The standard InChI is InChI=1S/C12H24N2O2S/c1-13-12(11-5-6-11)8-10-4-3-7-14(9-10)17(2,15)16/h10-13H,3-9H2,1-2H3. The average Bonchev–Trinajstić information content (AvgIpc) is 3.09. The second-order valence-corrected chi connectivity index (χ2v) is 7.58. The van der Waals surface area contributed by atoms with Gasteiger partial charge in [-0.05, 0) is 51.0 Å². The van der Waals surface area contributed by atoms with Crippen molar-refractivity contribution in [3.8, 4) is 0 Å². The Bertz CT molecular complexity index is 352. The number of piperidine rings is 1. The molecule has 1 aliphatic heterocycles. The summed E-state index contributed by atoms with van der Waals surface area (Å²) in [7, 11) is -0.965. The molecule has 17 heavy (non-hydrogen) atoms. The van der Waals surface area contributed by atoms with Crippen LogP contribution in [-0.4, -0.2) is 45.2 Å². The van der Waals surface area contributed by atoms with Crippen molar-refractivity contribution in [1.82, 2.24) is 9.62 Å². The Morgan fingerprint density at radius 1 is 1.35 bits per heavy atom. The van der Waals surface area contributed by atoms with Crippen LogP contribution in [0.4, 0.5) is 0 Å². The second-order valence-electron chi connectivity index (χ2n) is 5.60. The van der Waals surface area contributed by atoms with Crippen molar-refractivity contribution < 1.29 is 8.42 Å². The van der Waals surface area contributed by atoms with Gasteiger partial charge in [-0.3, -0.25) is 0 Å². The summed E-state index contributed by atoms with van der Waals surface area (Å²) >= 11 is 0. The van der Waals surface area contributed by atoms with Crippen LogP contribution in [-0.2, 0) is 10.0 Å². The Balaban J connectivity index is 1.88. The van der Waals surface area contributed by atoms with E-state index in [1.807, 2.05) is 7.05 Å². The molecule has 2 aliphatic rings. The van der Waals surface area contributed by atoms with E-state index in [0.29, 0.717) is 18.5 Å². The van der Waals surface area contributed by atoms with Crippen LogP contribution in [0.2, 0.25) is 0 Å². The Labute approximate surface area is 105 Å². The third-order valence-electron chi connectivity index (χ3n) is 4.10. The van der Waals surface area contributed by atoms with Gasteiger partial charge in [-0.1, -0.05) is 0 Å². The van der Waals surface area contributed by atoms with Gasteiger partial charge in [-0.15, -0.1) is 0 Å². The predicted molar refractivity (Wildman–Crippen MR) is 69.3 cm³/mol. The summed E-state index contributed by atoms with van der Waals surface area (Å²) in [5.41, 5.74) is 0. The summed E-state index contributed by atoms with van der Waals surface area (Å²) in [5, 5.41) is 3.40. The van der Waals surface area contributed by atoms with Crippen LogP contribution in [0.1, 0.15) is 32.1 Å². The molecular weight excluding hydrogens is 236 g/mol. The van der Waals surface area contributed by atoms with Gasteiger partial charge in [0.15, 0.2) is 0 Å². The van der Waals surface area contributed by atoms with Crippen molar-refractivity contribution >= 4 is 10.0 Å². The van der Waals surface area contributed by atoms with Crippen molar-refractivity contribution in [3.05, 3.63) is 0 Å². The van der Waals surface area contributed by atoms with Gasteiger partial charge in [-0.25, -0.2) is 12.7 Å². The molecule has 1 N–H and O–H groups in total. The molecular formula is C12H24N2O2S. The topological polar surface area (TPSA) is 49.4 Å². The summed E-state index contributed by atoms with van der Waals surface area (Å²) in [5.74, 6) is 1.38. The second kappa shape index (κ2) is 5.24. The van der Waals surface area contributed by atoms with Gasteiger partial charge in [0.25, 0.3) is 0 Å². The normalized spacial score (nSPS) is 29.2. The maximum atomic E-state index is 11.5. The molecule has 2 unspecified atom stereocenters. The third kappa shape index (κ3) is 3.66. The highest BCUT2D eigenvalue weighted by Crippen LogP contribution is 2.36. The van der Waals surface area contributed by atoms with Crippen LogP contribution in [0.3, 0.4) is 0 Å². The number of nitrogens with zero attached hydrogens (tertiary/aromatic N) is 1. The Morgan fingerprint density at radius 3 is 2.59 bits per heavy atom. The first-order chi connectivity index (χ1) is 8.00. The molecule has 2 rings (SSSR count). The van der Waals surface area contributed by atoms with Crippen LogP contribution in [0.25, 0.3) is 0 Å². The van der Waals surface area contributed by atoms with E-state index in [9.17, 15) is 8.42 Å². The molecule has 0 aromatic heterocycles. The summed E-state index contributed by atoms with van der Waals surface area (Å²) in [4.78, 5) is 0. The van der Waals surface area contributed by atoms with E-state index in [1.54, 1.807) is 4.31 Å². The van der Waals surface area contributed by atoms with Crippen molar-refractivity contribution in [2.75, 3.05) is 26.4 Å². The molecule has 0 aromatic rings. The molecule has 0 radical (unpaired) electrons. The summed E-state index contributed by atoms with van der Waals surface area (Å²) in [6, 6.07) is 0.597. The highest BCUT2D eigenvalue weighted by molar-refractivity contribution is 7.88. The van der Waals surface area contributed by atoms with Gasteiger partial charge >= 0.3 is 0 Å². The van der Waals surface area contributed by atoms with E-state index < -0.39 is 10.0 Å².